The van der Waals surface area contributed by atoms with Gasteiger partial charge >= 0.3 is 0 Å². The largest absolute Gasteiger partial charge is 0.381 e. The summed E-state index contributed by atoms with van der Waals surface area (Å²) in [5.74, 6) is 1.49. The predicted molar refractivity (Wildman–Crippen MR) is 84.1 cm³/mol. The van der Waals surface area contributed by atoms with Crippen LogP contribution in [0.2, 0.25) is 0 Å². The molecule has 0 radical (unpaired) electrons. The molecular formula is C17H27N3O. The van der Waals surface area contributed by atoms with Gasteiger partial charge in [0.2, 0.25) is 0 Å². The Kier molecular flexibility index (Phi) is 5.22. The van der Waals surface area contributed by atoms with Gasteiger partial charge in [-0.3, -0.25) is 9.88 Å². The standard InChI is InChI=1S/C17H27N3O/c1-20-8-4-16(17(20)15-3-2-7-18-12-15)13-19-11-14-5-9-21-10-6-14/h2-3,7,12,14,16-17,19H,4-6,8-11,13H2,1H3/t16-,17-/m0/s1. The van der Waals surface area contributed by atoms with E-state index >= 15 is 0 Å². The fraction of sp³-hybridized carbons (Fsp3) is 0.706. The number of nitrogens with zero attached hydrogens (tertiary/aromatic N) is 2. The fourth-order valence-corrected chi connectivity index (χ4v) is 3.74. The molecule has 0 unspecified atom stereocenters. The monoisotopic (exact) mass is 289 g/mol. The molecule has 21 heavy (non-hydrogen) atoms. The van der Waals surface area contributed by atoms with E-state index in [1.165, 1.54) is 31.4 Å². The molecule has 0 saturated carbocycles. The van der Waals surface area contributed by atoms with Crippen molar-refractivity contribution in [3.63, 3.8) is 0 Å². The van der Waals surface area contributed by atoms with Crippen molar-refractivity contribution < 1.29 is 4.74 Å². The van der Waals surface area contributed by atoms with E-state index in [0.717, 1.165) is 32.2 Å². The van der Waals surface area contributed by atoms with Crippen molar-refractivity contribution in [1.82, 2.24) is 15.2 Å². The number of hydrogen-bond acceptors (Lipinski definition) is 4. The third-order valence-electron chi connectivity index (χ3n) is 4.98. The highest BCUT2D eigenvalue weighted by Gasteiger charge is 2.32. The lowest BCUT2D eigenvalue weighted by molar-refractivity contribution is 0.0659. The molecule has 1 aromatic rings. The average molecular weight is 289 g/mol. The molecule has 4 heteroatoms. The van der Waals surface area contributed by atoms with Crippen LogP contribution >= 0.6 is 0 Å². The summed E-state index contributed by atoms with van der Waals surface area (Å²) in [6.45, 7) is 5.32. The summed E-state index contributed by atoms with van der Waals surface area (Å²) in [5, 5.41) is 3.71. The van der Waals surface area contributed by atoms with Gasteiger partial charge in [-0.1, -0.05) is 6.07 Å². The minimum Gasteiger partial charge on any atom is -0.381 e. The van der Waals surface area contributed by atoms with Gasteiger partial charge in [-0.25, -0.2) is 0 Å². The predicted octanol–water partition coefficient (Wildman–Crippen LogP) is 2.09. The Labute approximate surface area is 127 Å². The van der Waals surface area contributed by atoms with E-state index in [1.807, 2.05) is 18.5 Å². The zero-order chi connectivity index (χ0) is 14.5. The van der Waals surface area contributed by atoms with E-state index in [-0.39, 0.29) is 0 Å². The molecule has 3 heterocycles. The molecule has 2 aliphatic rings. The Bertz CT molecular complexity index is 419. The Hall–Kier alpha value is -0.970. The number of likely N-dealkylation sites (tertiary alicyclic amines) is 1. The Morgan fingerprint density at radius 3 is 2.90 bits per heavy atom. The quantitative estimate of drug-likeness (QED) is 0.900. The van der Waals surface area contributed by atoms with Crippen LogP contribution in [0, 0.1) is 11.8 Å². The van der Waals surface area contributed by atoms with Crippen LogP contribution in [0.5, 0.6) is 0 Å². The van der Waals surface area contributed by atoms with Crippen molar-refractivity contribution in [3.05, 3.63) is 30.1 Å². The number of nitrogens with one attached hydrogen (secondary N) is 1. The van der Waals surface area contributed by atoms with Gasteiger partial charge in [0.1, 0.15) is 0 Å². The Morgan fingerprint density at radius 2 is 2.14 bits per heavy atom. The SMILES string of the molecule is CN1CC[C@@H](CNCC2CCOCC2)[C@@H]1c1cccnc1. The van der Waals surface area contributed by atoms with Crippen LogP contribution < -0.4 is 5.32 Å². The molecule has 4 nitrogen and oxygen atoms in total. The van der Waals surface area contributed by atoms with Crippen molar-refractivity contribution in [1.29, 1.82) is 0 Å². The number of ether oxygens (including phenoxy) is 1. The molecular weight excluding hydrogens is 262 g/mol. The molecule has 3 rings (SSSR count). The normalized spacial score (nSPS) is 28.0. The molecule has 0 aliphatic carbocycles. The summed E-state index contributed by atoms with van der Waals surface area (Å²) < 4.78 is 5.43. The van der Waals surface area contributed by atoms with Crippen LogP contribution in [0.25, 0.3) is 0 Å². The van der Waals surface area contributed by atoms with E-state index in [1.54, 1.807) is 0 Å². The second-order valence-corrected chi connectivity index (χ2v) is 6.47. The molecule has 0 aromatic carbocycles. The van der Waals surface area contributed by atoms with Gasteiger partial charge in [0.15, 0.2) is 0 Å². The van der Waals surface area contributed by atoms with Gasteiger partial charge in [-0.05, 0) is 69.4 Å². The number of aromatic nitrogens is 1. The van der Waals surface area contributed by atoms with Crippen LogP contribution in [0.3, 0.4) is 0 Å². The van der Waals surface area contributed by atoms with Gasteiger partial charge in [0, 0.05) is 31.6 Å². The highest BCUT2D eigenvalue weighted by molar-refractivity contribution is 5.16. The lowest BCUT2D eigenvalue weighted by Gasteiger charge is -2.27. The van der Waals surface area contributed by atoms with Crippen molar-refractivity contribution in [3.8, 4) is 0 Å². The second-order valence-electron chi connectivity index (χ2n) is 6.47. The first-order chi connectivity index (χ1) is 10.3. The molecule has 1 aromatic heterocycles. The van der Waals surface area contributed by atoms with E-state index in [4.69, 9.17) is 4.74 Å². The van der Waals surface area contributed by atoms with E-state index in [2.05, 4.69) is 28.3 Å². The first kappa shape index (κ1) is 14.9. The lowest BCUT2D eigenvalue weighted by Crippen LogP contribution is -2.33. The summed E-state index contributed by atoms with van der Waals surface area (Å²) in [5.41, 5.74) is 1.36. The number of rotatable bonds is 5. The highest BCUT2D eigenvalue weighted by atomic mass is 16.5. The first-order valence-electron chi connectivity index (χ1n) is 8.23. The summed E-state index contributed by atoms with van der Waals surface area (Å²) in [7, 11) is 2.23. The van der Waals surface area contributed by atoms with Crippen molar-refractivity contribution in [2.45, 2.75) is 25.3 Å². The minimum absolute atomic E-state index is 0.515. The number of hydrogen-bond donors (Lipinski definition) is 1. The molecule has 2 aliphatic heterocycles. The third-order valence-corrected chi connectivity index (χ3v) is 4.98. The fourth-order valence-electron chi connectivity index (χ4n) is 3.74. The van der Waals surface area contributed by atoms with Gasteiger partial charge in [0.25, 0.3) is 0 Å². The van der Waals surface area contributed by atoms with E-state index in [0.29, 0.717) is 12.0 Å². The summed E-state index contributed by atoms with van der Waals surface area (Å²) >= 11 is 0. The molecule has 0 bridgehead atoms. The Morgan fingerprint density at radius 1 is 1.29 bits per heavy atom. The zero-order valence-corrected chi connectivity index (χ0v) is 13.0. The summed E-state index contributed by atoms with van der Waals surface area (Å²) in [6, 6.07) is 4.78. The molecule has 2 saturated heterocycles. The minimum atomic E-state index is 0.515. The molecule has 1 N–H and O–H groups in total. The van der Waals surface area contributed by atoms with Crippen molar-refractivity contribution in [2.75, 3.05) is 39.9 Å². The first-order valence-corrected chi connectivity index (χ1v) is 8.23. The van der Waals surface area contributed by atoms with Gasteiger partial charge in [-0.15, -0.1) is 0 Å². The zero-order valence-electron chi connectivity index (χ0n) is 13.0. The van der Waals surface area contributed by atoms with E-state index in [9.17, 15) is 0 Å². The van der Waals surface area contributed by atoms with Crippen LogP contribution in [-0.4, -0.2) is 49.8 Å². The van der Waals surface area contributed by atoms with Gasteiger partial charge < -0.3 is 10.1 Å². The molecule has 116 valence electrons. The van der Waals surface area contributed by atoms with Crippen molar-refractivity contribution >= 4 is 0 Å². The van der Waals surface area contributed by atoms with Crippen molar-refractivity contribution in [2.24, 2.45) is 11.8 Å². The third kappa shape index (κ3) is 3.82. The van der Waals surface area contributed by atoms with Crippen LogP contribution in [0.1, 0.15) is 30.9 Å². The van der Waals surface area contributed by atoms with E-state index < -0.39 is 0 Å². The van der Waals surface area contributed by atoms with Gasteiger partial charge in [-0.2, -0.15) is 0 Å². The van der Waals surface area contributed by atoms with Crippen LogP contribution in [-0.2, 0) is 4.74 Å². The maximum absolute atomic E-state index is 5.43. The molecule has 2 atom stereocenters. The smallest absolute Gasteiger partial charge is 0.0469 e. The van der Waals surface area contributed by atoms with Crippen LogP contribution in [0.4, 0.5) is 0 Å². The maximum Gasteiger partial charge on any atom is 0.0469 e. The second kappa shape index (κ2) is 7.34. The molecule has 0 spiro atoms. The van der Waals surface area contributed by atoms with Crippen LogP contribution in [0.15, 0.2) is 24.5 Å². The summed E-state index contributed by atoms with van der Waals surface area (Å²) in [6.07, 6.45) is 7.58. The number of pyridine rings is 1. The Balaban J connectivity index is 1.52. The highest BCUT2D eigenvalue weighted by Crippen LogP contribution is 2.35. The van der Waals surface area contributed by atoms with Gasteiger partial charge in [0.05, 0.1) is 0 Å². The topological polar surface area (TPSA) is 37.4 Å². The average Bonchev–Trinajstić information content (AvgIpc) is 2.90. The summed E-state index contributed by atoms with van der Waals surface area (Å²) in [4.78, 5) is 6.76. The lowest BCUT2D eigenvalue weighted by atomic mass is 9.94. The molecule has 2 fully saturated rings. The maximum atomic E-state index is 5.43. The molecule has 0 amide bonds.